The standard InChI is InChI=1S/C20H22ClNO6S/c1-26-18-6-10(2-4-13(18)21)27-8-12-11-3-5-16(28-17(11)7-15(12)23)19-22-14(9-29-19)20(24)25/h2,4,6,9,11-12,15-17,23H,3,5,7-8H2,1H3,(H,24,25)/t11-,12-,15-,16-,17+/m1/s1. The Labute approximate surface area is 177 Å². The number of fused-ring (bicyclic) bond motifs is 1. The van der Waals surface area contributed by atoms with E-state index in [0.29, 0.717) is 34.6 Å². The number of thiazole rings is 1. The molecule has 156 valence electrons. The average molecular weight is 440 g/mol. The summed E-state index contributed by atoms with van der Waals surface area (Å²) < 4.78 is 17.3. The number of aromatic nitrogens is 1. The number of carboxylic acids is 1. The molecular formula is C20H22ClNO6S. The number of aliphatic hydroxyl groups is 1. The van der Waals surface area contributed by atoms with Gasteiger partial charge in [-0.1, -0.05) is 11.6 Å². The lowest BCUT2D eigenvalue weighted by atomic mass is 9.87. The lowest BCUT2D eigenvalue weighted by Crippen LogP contribution is -2.33. The van der Waals surface area contributed by atoms with Crippen LogP contribution in [0.5, 0.6) is 11.5 Å². The van der Waals surface area contributed by atoms with Gasteiger partial charge in [0.05, 0.1) is 30.9 Å². The summed E-state index contributed by atoms with van der Waals surface area (Å²) in [7, 11) is 1.55. The number of benzene rings is 1. The van der Waals surface area contributed by atoms with Crippen LogP contribution in [0.15, 0.2) is 23.6 Å². The first-order valence-corrected chi connectivity index (χ1v) is 10.7. The van der Waals surface area contributed by atoms with Crippen LogP contribution in [0.4, 0.5) is 0 Å². The van der Waals surface area contributed by atoms with Gasteiger partial charge >= 0.3 is 5.97 Å². The Balaban J connectivity index is 1.39. The third-order valence-electron chi connectivity index (χ3n) is 5.68. The maximum absolute atomic E-state index is 11.1. The Morgan fingerprint density at radius 2 is 2.24 bits per heavy atom. The smallest absolute Gasteiger partial charge is 0.355 e. The first kappa shape index (κ1) is 20.4. The summed E-state index contributed by atoms with van der Waals surface area (Å²) in [6, 6.07) is 5.23. The highest BCUT2D eigenvalue weighted by Crippen LogP contribution is 2.46. The van der Waals surface area contributed by atoms with Crippen molar-refractivity contribution in [3.8, 4) is 11.5 Å². The van der Waals surface area contributed by atoms with Crippen molar-refractivity contribution >= 4 is 28.9 Å². The SMILES string of the molecule is COc1cc(OC[C@@H]2[C@H]3CC[C@H](c4nc(C(=O)O)cs4)O[C@H]3C[C@H]2O)ccc1Cl. The van der Waals surface area contributed by atoms with Gasteiger partial charge in [0, 0.05) is 23.8 Å². The van der Waals surface area contributed by atoms with Crippen LogP contribution in [-0.4, -0.2) is 47.1 Å². The molecule has 2 aliphatic rings. The van der Waals surface area contributed by atoms with Crippen LogP contribution in [0, 0.1) is 11.8 Å². The predicted molar refractivity (Wildman–Crippen MR) is 107 cm³/mol. The van der Waals surface area contributed by atoms with Gasteiger partial charge in [-0.3, -0.25) is 0 Å². The van der Waals surface area contributed by atoms with Crippen LogP contribution in [-0.2, 0) is 4.74 Å². The van der Waals surface area contributed by atoms with Gasteiger partial charge in [-0.15, -0.1) is 11.3 Å². The molecule has 0 amide bonds. The molecule has 1 aromatic heterocycles. The van der Waals surface area contributed by atoms with E-state index in [1.54, 1.807) is 25.3 Å². The van der Waals surface area contributed by atoms with Crippen LogP contribution < -0.4 is 9.47 Å². The molecule has 2 aromatic rings. The summed E-state index contributed by atoms with van der Waals surface area (Å²) in [5.41, 5.74) is 0.0480. The highest BCUT2D eigenvalue weighted by atomic mass is 35.5. The van der Waals surface area contributed by atoms with Crippen molar-refractivity contribution in [1.29, 1.82) is 0 Å². The van der Waals surface area contributed by atoms with E-state index in [2.05, 4.69) is 4.98 Å². The lowest BCUT2D eigenvalue weighted by Gasteiger charge is -2.33. The molecule has 0 bridgehead atoms. The molecule has 2 heterocycles. The van der Waals surface area contributed by atoms with Crippen molar-refractivity contribution in [2.45, 2.75) is 37.6 Å². The largest absolute Gasteiger partial charge is 0.495 e. The van der Waals surface area contributed by atoms with Gasteiger partial charge in [-0.05, 0) is 30.9 Å². The van der Waals surface area contributed by atoms with Crippen molar-refractivity contribution in [2.24, 2.45) is 11.8 Å². The predicted octanol–water partition coefficient (Wildman–Crippen LogP) is 3.80. The van der Waals surface area contributed by atoms with E-state index in [0.717, 1.165) is 12.8 Å². The van der Waals surface area contributed by atoms with E-state index in [4.69, 9.17) is 30.9 Å². The number of hydrogen-bond donors (Lipinski definition) is 2. The van der Waals surface area contributed by atoms with Gasteiger partial charge in [-0.25, -0.2) is 9.78 Å². The quantitative estimate of drug-likeness (QED) is 0.706. The number of aliphatic hydroxyl groups excluding tert-OH is 1. The topological polar surface area (TPSA) is 98.1 Å². The number of hydrogen-bond acceptors (Lipinski definition) is 7. The fourth-order valence-corrected chi connectivity index (χ4v) is 5.26. The third kappa shape index (κ3) is 4.21. The third-order valence-corrected chi connectivity index (χ3v) is 6.93. The van der Waals surface area contributed by atoms with E-state index in [1.807, 2.05) is 0 Å². The van der Waals surface area contributed by atoms with Crippen molar-refractivity contribution < 1.29 is 29.2 Å². The molecule has 0 unspecified atom stereocenters. The van der Waals surface area contributed by atoms with Crippen molar-refractivity contribution in [2.75, 3.05) is 13.7 Å². The molecule has 1 aliphatic heterocycles. The summed E-state index contributed by atoms with van der Waals surface area (Å²) in [4.78, 5) is 15.2. The molecule has 2 fully saturated rings. The van der Waals surface area contributed by atoms with Crippen LogP contribution in [0.2, 0.25) is 5.02 Å². The molecular weight excluding hydrogens is 418 g/mol. The van der Waals surface area contributed by atoms with Gasteiger partial charge in [0.15, 0.2) is 5.69 Å². The number of nitrogens with zero attached hydrogens (tertiary/aromatic N) is 1. The van der Waals surface area contributed by atoms with Gasteiger partial charge in [-0.2, -0.15) is 0 Å². The molecule has 1 aliphatic carbocycles. The fraction of sp³-hybridized carbons (Fsp3) is 0.500. The number of carboxylic acid groups (broad SMARTS) is 1. The number of rotatable bonds is 6. The number of methoxy groups -OCH3 is 1. The van der Waals surface area contributed by atoms with Crippen LogP contribution in [0.1, 0.15) is 40.9 Å². The zero-order valence-corrected chi connectivity index (χ0v) is 17.4. The number of ether oxygens (including phenoxy) is 3. The Kier molecular flexibility index (Phi) is 5.96. The van der Waals surface area contributed by atoms with Crippen LogP contribution in [0.25, 0.3) is 0 Å². The Morgan fingerprint density at radius 3 is 2.97 bits per heavy atom. The summed E-state index contributed by atoms with van der Waals surface area (Å²) in [5.74, 6) is 0.305. The van der Waals surface area contributed by atoms with Crippen molar-refractivity contribution in [3.05, 3.63) is 39.3 Å². The zero-order valence-electron chi connectivity index (χ0n) is 15.8. The number of halogens is 1. The number of carbonyl (C=O) groups is 1. The fourth-order valence-electron chi connectivity index (χ4n) is 4.20. The molecule has 7 nitrogen and oxygen atoms in total. The van der Waals surface area contributed by atoms with E-state index in [1.165, 1.54) is 16.7 Å². The molecule has 0 radical (unpaired) electrons. The minimum absolute atomic E-state index is 0.0338. The summed E-state index contributed by atoms with van der Waals surface area (Å²) >= 11 is 7.35. The minimum Gasteiger partial charge on any atom is -0.495 e. The lowest BCUT2D eigenvalue weighted by molar-refractivity contribution is -0.0811. The second kappa shape index (κ2) is 8.47. The number of aromatic carboxylic acids is 1. The van der Waals surface area contributed by atoms with Crippen LogP contribution in [0.3, 0.4) is 0 Å². The summed E-state index contributed by atoms with van der Waals surface area (Å²) in [5, 5.41) is 22.4. The Hall–Kier alpha value is -1.87. The second-order valence-corrected chi connectivity index (χ2v) is 8.65. The van der Waals surface area contributed by atoms with E-state index < -0.39 is 12.1 Å². The molecule has 1 saturated heterocycles. The highest BCUT2D eigenvalue weighted by molar-refractivity contribution is 7.09. The molecule has 5 atom stereocenters. The molecule has 2 N–H and O–H groups in total. The maximum Gasteiger partial charge on any atom is 0.355 e. The Morgan fingerprint density at radius 1 is 1.41 bits per heavy atom. The van der Waals surface area contributed by atoms with E-state index >= 15 is 0 Å². The molecule has 0 spiro atoms. The van der Waals surface area contributed by atoms with Gasteiger partial charge in [0.25, 0.3) is 0 Å². The first-order valence-electron chi connectivity index (χ1n) is 9.45. The summed E-state index contributed by atoms with van der Waals surface area (Å²) in [6.07, 6.45) is 1.33. The minimum atomic E-state index is -1.03. The van der Waals surface area contributed by atoms with Gasteiger partial charge in [0.2, 0.25) is 0 Å². The van der Waals surface area contributed by atoms with E-state index in [9.17, 15) is 9.90 Å². The average Bonchev–Trinajstić information content (AvgIpc) is 3.31. The highest BCUT2D eigenvalue weighted by Gasteiger charge is 2.47. The second-order valence-electron chi connectivity index (χ2n) is 7.35. The molecule has 29 heavy (non-hydrogen) atoms. The monoisotopic (exact) mass is 439 g/mol. The molecule has 1 saturated carbocycles. The zero-order chi connectivity index (χ0) is 20.5. The molecule has 9 heteroatoms. The summed E-state index contributed by atoms with van der Waals surface area (Å²) in [6.45, 7) is 0.377. The van der Waals surface area contributed by atoms with Gasteiger partial charge in [0.1, 0.15) is 22.6 Å². The normalized spacial score (nSPS) is 28.7. The Bertz CT molecular complexity index is 890. The van der Waals surface area contributed by atoms with Crippen LogP contribution >= 0.6 is 22.9 Å². The first-order chi connectivity index (χ1) is 14.0. The van der Waals surface area contributed by atoms with Crippen molar-refractivity contribution in [3.63, 3.8) is 0 Å². The molecule has 1 aromatic carbocycles. The van der Waals surface area contributed by atoms with Crippen molar-refractivity contribution in [1.82, 2.24) is 4.98 Å². The molecule has 4 rings (SSSR count). The van der Waals surface area contributed by atoms with E-state index in [-0.39, 0.29) is 29.7 Å². The van der Waals surface area contributed by atoms with Gasteiger partial charge < -0.3 is 24.4 Å². The maximum atomic E-state index is 11.1.